The molecule has 0 aromatic heterocycles. The van der Waals surface area contributed by atoms with Gasteiger partial charge in [0.2, 0.25) is 0 Å². The summed E-state index contributed by atoms with van der Waals surface area (Å²) in [7, 11) is 1.58. The number of rotatable bonds is 4. The van der Waals surface area contributed by atoms with E-state index >= 15 is 0 Å². The fourth-order valence-corrected chi connectivity index (χ4v) is 2.45. The standard InChI is InChI=1S/C14H19NO4/c1-18-11-6-2-3-7-12(11)19-10-5-4-8-14(15,9-10)13(16)17/h2-3,6-7,10H,4-5,8-9,15H2,1H3,(H,16,17). The van der Waals surface area contributed by atoms with Crippen LogP contribution in [0.5, 0.6) is 11.5 Å². The maximum atomic E-state index is 11.2. The highest BCUT2D eigenvalue weighted by atomic mass is 16.5. The van der Waals surface area contributed by atoms with E-state index in [0.717, 1.165) is 12.8 Å². The van der Waals surface area contributed by atoms with Crippen LogP contribution in [0.4, 0.5) is 0 Å². The molecule has 2 unspecified atom stereocenters. The molecular formula is C14H19NO4. The van der Waals surface area contributed by atoms with Crippen LogP contribution in [0, 0.1) is 0 Å². The van der Waals surface area contributed by atoms with Gasteiger partial charge in [0.15, 0.2) is 11.5 Å². The van der Waals surface area contributed by atoms with Crippen molar-refractivity contribution in [3.05, 3.63) is 24.3 Å². The van der Waals surface area contributed by atoms with Crippen molar-refractivity contribution < 1.29 is 19.4 Å². The second-order valence-electron chi connectivity index (χ2n) is 4.95. The molecule has 104 valence electrons. The molecule has 2 rings (SSSR count). The molecule has 0 aliphatic heterocycles. The molecule has 1 aromatic carbocycles. The van der Waals surface area contributed by atoms with Gasteiger partial charge in [0.25, 0.3) is 0 Å². The molecule has 5 nitrogen and oxygen atoms in total. The van der Waals surface area contributed by atoms with Gasteiger partial charge in [0.1, 0.15) is 11.6 Å². The van der Waals surface area contributed by atoms with E-state index in [1.165, 1.54) is 0 Å². The highest BCUT2D eigenvalue weighted by Gasteiger charge is 2.40. The van der Waals surface area contributed by atoms with Crippen LogP contribution in [0.25, 0.3) is 0 Å². The molecule has 1 aliphatic carbocycles. The summed E-state index contributed by atoms with van der Waals surface area (Å²) in [5, 5.41) is 9.18. The van der Waals surface area contributed by atoms with Crippen LogP contribution in [-0.4, -0.2) is 29.8 Å². The number of benzene rings is 1. The van der Waals surface area contributed by atoms with Gasteiger partial charge in [-0.2, -0.15) is 0 Å². The average molecular weight is 265 g/mol. The molecule has 5 heteroatoms. The topological polar surface area (TPSA) is 81.8 Å². The highest BCUT2D eigenvalue weighted by Crippen LogP contribution is 2.33. The Morgan fingerprint density at radius 1 is 1.42 bits per heavy atom. The largest absolute Gasteiger partial charge is 0.493 e. The number of aliphatic carboxylic acids is 1. The van der Waals surface area contributed by atoms with Crippen molar-refractivity contribution >= 4 is 5.97 Å². The number of nitrogens with two attached hydrogens (primary N) is 1. The van der Waals surface area contributed by atoms with E-state index in [9.17, 15) is 9.90 Å². The summed E-state index contributed by atoms with van der Waals surface area (Å²) >= 11 is 0. The van der Waals surface area contributed by atoms with Crippen molar-refractivity contribution in [1.29, 1.82) is 0 Å². The zero-order valence-corrected chi connectivity index (χ0v) is 11.0. The Hall–Kier alpha value is -1.75. The zero-order valence-electron chi connectivity index (χ0n) is 11.0. The number of hydrogen-bond acceptors (Lipinski definition) is 4. The Bertz CT molecular complexity index is 463. The zero-order chi connectivity index (χ0) is 13.9. The number of methoxy groups -OCH3 is 1. The van der Waals surface area contributed by atoms with Crippen LogP contribution in [0.2, 0.25) is 0 Å². The number of ether oxygens (including phenoxy) is 2. The summed E-state index contributed by atoms with van der Waals surface area (Å²) in [5.74, 6) is 0.316. The molecular weight excluding hydrogens is 246 g/mol. The van der Waals surface area contributed by atoms with E-state index in [1.54, 1.807) is 7.11 Å². The minimum Gasteiger partial charge on any atom is -0.493 e. The average Bonchev–Trinajstić information content (AvgIpc) is 2.39. The summed E-state index contributed by atoms with van der Waals surface area (Å²) in [6.07, 6.45) is 2.19. The minimum absolute atomic E-state index is 0.189. The lowest BCUT2D eigenvalue weighted by Gasteiger charge is -2.34. The van der Waals surface area contributed by atoms with Crippen molar-refractivity contribution in [2.75, 3.05) is 7.11 Å². The van der Waals surface area contributed by atoms with Gasteiger partial charge >= 0.3 is 5.97 Å². The smallest absolute Gasteiger partial charge is 0.323 e. The SMILES string of the molecule is COc1ccccc1OC1CCCC(N)(C(=O)O)C1. The fraction of sp³-hybridized carbons (Fsp3) is 0.500. The van der Waals surface area contributed by atoms with Gasteiger partial charge < -0.3 is 20.3 Å². The molecule has 19 heavy (non-hydrogen) atoms. The van der Waals surface area contributed by atoms with E-state index in [-0.39, 0.29) is 6.10 Å². The minimum atomic E-state index is -1.18. The first-order valence-electron chi connectivity index (χ1n) is 6.37. The van der Waals surface area contributed by atoms with Crippen molar-refractivity contribution in [3.63, 3.8) is 0 Å². The Morgan fingerprint density at radius 2 is 2.11 bits per heavy atom. The van der Waals surface area contributed by atoms with Gasteiger partial charge in [-0.25, -0.2) is 0 Å². The lowest BCUT2D eigenvalue weighted by Crippen LogP contribution is -2.53. The van der Waals surface area contributed by atoms with E-state index in [0.29, 0.717) is 24.3 Å². The third-order valence-corrected chi connectivity index (χ3v) is 3.53. The Balaban J connectivity index is 2.09. The van der Waals surface area contributed by atoms with Gasteiger partial charge in [0, 0.05) is 6.42 Å². The van der Waals surface area contributed by atoms with Crippen LogP contribution in [0.3, 0.4) is 0 Å². The molecule has 2 atom stereocenters. The molecule has 0 saturated heterocycles. The van der Waals surface area contributed by atoms with Gasteiger partial charge in [-0.1, -0.05) is 12.1 Å². The summed E-state index contributed by atoms with van der Waals surface area (Å²) < 4.78 is 11.1. The van der Waals surface area contributed by atoms with Gasteiger partial charge in [-0.3, -0.25) is 4.79 Å². The van der Waals surface area contributed by atoms with Crippen LogP contribution < -0.4 is 15.2 Å². The van der Waals surface area contributed by atoms with E-state index in [4.69, 9.17) is 15.2 Å². The van der Waals surface area contributed by atoms with Crippen LogP contribution in [-0.2, 0) is 4.79 Å². The van der Waals surface area contributed by atoms with Crippen molar-refractivity contribution in [2.24, 2.45) is 5.73 Å². The number of hydrogen-bond donors (Lipinski definition) is 2. The molecule has 1 aromatic rings. The molecule has 3 N–H and O–H groups in total. The Morgan fingerprint density at radius 3 is 2.74 bits per heavy atom. The third-order valence-electron chi connectivity index (χ3n) is 3.53. The first-order chi connectivity index (χ1) is 9.05. The molecule has 0 spiro atoms. The summed E-state index contributed by atoms with van der Waals surface area (Å²) in [6.45, 7) is 0. The monoisotopic (exact) mass is 265 g/mol. The molecule has 0 radical (unpaired) electrons. The molecule has 0 amide bonds. The number of carboxylic acids is 1. The molecule has 0 heterocycles. The second-order valence-corrected chi connectivity index (χ2v) is 4.95. The molecule has 1 aliphatic rings. The lowest BCUT2D eigenvalue weighted by atomic mass is 9.81. The predicted octanol–water partition coefficient (Wildman–Crippen LogP) is 1.80. The van der Waals surface area contributed by atoms with Gasteiger partial charge in [-0.05, 0) is 31.4 Å². The van der Waals surface area contributed by atoms with Crippen LogP contribution in [0.1, 0.15) is 25.7 Å². The normalized spacial score (nSPS) is 26.7. The quantitative estimate of drug-likeness (QED) is 0.867. The van der Waals surface area contributed by atoms with E-state index in [1.807, 2.05) is 24.3 Å². The van der Waals surface area contributed by atoms with Crippen LogP contribution in [0.15, 0.2) is 24.3 Å². The van der Waals surface area contributed by atoms with Gasteiger partial charge in [-0.15, -0.1) is 0 Å². The maximum absolute atomic E-state index is 11.2. The second kappa shape index (κ2) is 5.48. The fourth-order valence-electron chi connectivity index (χ4n) is 2.45. The number of para-hydroxylation sites is 2. The Kier molecular flexibility index (Phi) is 3.95. The maximum Gasteiger partial charge on any atom is 0.323 e. The van der Waals surface area contributed by atoms with E-state index in [2.05, 4.69) is 0 Å². The predicted molar refractivity (Wildman–Crippen MR) is 70.4 cm³/mol. The summed E-state index contributed by atoms with van der Waals surface area (Å²) in [4.78, 5) is 11.2. The highest BCUT2D eigenvalue weighted by molar-refractivity contribution is 5.78. The van der Waals surface area contributed by atoms with E-state index < -0.39 is 11.5 Å². The van der Waals surface area contributed by atoms with Crippen LogP contribution >= 0.6 is 0 Å². The first-order valence-corrected chi connectivity index (χ1v) is 6.37. The van der Waals surface area contributed by atoms with Gasteiger partial charge in [0.05, 0.1) is 7.11 Å². The summed E-state index contributed by atoms with van der Waals surface area (Å²) in [5.41, 5.74) is 4.73. The van der Waals surface area contributed by atoms with Crippen molar-refractivity contribution in [1.82, 2.24) is 0 Å². The lowest BCUT2D eigenvalue weighted by molar-refractivity contribution is -0.145. The molecule has 0 bridgehead atoms. The molecule has 1 saturated carbocycles. The van der Waals surface area contributed by atoms with Crippen molar-refractivity contribution in [2.45, 2.75) is 37.3 Å². The van der Waals surface area contributed by atoms with Crippen molar-refractivity contribution in [3.8, 4) is 11.5 Å². The first kappa shape index (κ1) is 13.7. The third kappa shape index (κ3) is 2.98. The number of carboxylic acid groups (broad SMARTS) is 1. The number of carbonyl (C=O) groups is 1. The summed E-state index contributed by atoms with van der Waals surface area (Å²) in [6, 6.07) is 7.34. The Labute approximate surface area is 112 Å². The molecule has 1 fully saturated rings.